The largest absolute Gasteiger partial charge is 0.314 e. The van der Waals surface area contributed by atoms with Crippen LogP contribution in [0.15, 0.2) is 0 Å². The van der Waals surface area contributed by atoms with Crippen LogP contribution in [-0.2, 0) is 4.84 Å². The molecule has 0 fully saturated rings. The van der Waals surface area contributed by atoms with Crippen LogP contribution in [0.4, 0.5) is 0 Å². The monoisotopic (exact) mass is 161 g/mol. The smallest absolute Gasteiger partial charge is 0.294 e. The van der Waals surface area contributed by atoms with E-state index >= 15 is 0 Å². The first kappa shape index (κ1) is 10.2. The minimum atomic E-state index is -0.739. The van der Waals surface area contributed by atoms with Crippen LogP contribution in [-0.4, -0.2) is 11.7 Å². The van der Waals surface area contributed by atoms with Crippen LogP contribution >= 0.6 is 0 Å². The van der Waals surface area contributed by atoms with Gasteiger partial charge in [-0.2, -0.15) is 0 Å². The predicted molar refractivity (Wildman–Crippen MR) is 41.6 cm³/mol. The average Bonchev–Trinajstić information content (AvgIpc) is 1.82. The van der Waals surface area contributed by atoms with Gasteiger partial charge in [-0.25, -0.2) is 0 Å². The molecule has 1 atom stereocenters. The molecular weight excluding hydrogens is 146 g/mol. The molecule has 1 unspecified atom stereocenters. The van der Waals surface area contributed by atoms with E-state index in [1.54, 1.807) is 0 Å². The van der Waals surface area contributed by atoms with Crippen LogP contribution in [0.2, 0.25) is 0 Å². The summed E-state index contributed by atoms with van der Waals surface area (Å²) in [5, 5.41) is 9.03. The Morgan fingerprint density at radius 1 is 1.45 bits per heavy atom. The molecule has 0 radical (unpaired) electrons. The van der Waals surface area contributed by atoms with Gasteiger partial charge >= 0.3 is 0 Å². The van der Waals surface area contributed by atoms with Gasteiger partial charge in [0.15, 0.2) is 0 Å². The fourth-order valence-electron chi connectivity index (χ4n) is 1.06. The molecule has 0 rings (SSSR count). The second kappa shape index (κ2) is 4.93. The molecule has 0 aliphatic rings. The third-order valence-corrected chi connectivity index (χ3v) is 1.34. The second-order valence-electron chi connectivity index (χ2n) is 3.25. The Morgan fingerprint density at radius 2 is 2.00 bits per heavy atom. The first-order valence-electron chi connectivity index (χ1n) is 3.79. The van der Waals surface area contributed by atoms with Crippen molar-refractivity contribution in [1.29, 1.82) is 0 Å². The average molecular weight is 161 g/mol. The van der Waals surface area contributed by atoms with Gasteiger partial charge in [0.1, 0.15) is 0 Å². The normalized spacial score (nSPS) is 13.1. The molecule has 0 aliphatic carbocycles. The van der Waals surface area contributed by atoms with Crippen molar-refractivity contribution >= 4 is 0 Å². The van der Waals surface area contributed by atoms with Gasteiger partial charge in [-0.3, -0.25) is 0 Å². The lowest BCUT2D eigenvalue weighted by Gasteiger charge is -2.11. The Balaban J connectivity index is 3.37. The summed E-state index contributed by atoms with van der Waals surface area (Å²) in [5.74, 6) is 0.834. The molecule has 0 spiro atoms. The molecule has 0 N–H and O–H groups in total. The summed E-state index contributed by atoms with van der Waals surface area (Å²) in [6.07, 6.45) is 0.966. The zero-order valence-corrected chi connectivity index (χ0v) is 7.24. The van der Waals surface area contributed by atoms with Gasteiger partial charge in [-0.15, -0.1) is 10.1 Å². The highest BCUT2D eigenvalue weighted by atomic mass is 16.9. The van der Waals surface area contributed by atoms with E-state index in [2.05, 4.69) is 18.7 Å². The van der Waals surface area contributed by atoms with Crippen LogP contribution in [0.3, 0.4) is 0 Å². The molecule has 11 heavy (non-hydrogen) atoms. The van der Waals surface area contributed by atoms with Gasteiger partial charge in [-0.05, 0) is 18.3 Å². The Kier molecular flexibility index (Phi) is 4.57. The molecular formula is C7H15NO3. The summed E-state index contributed by atoms with van der Waals surface area (Å²) in [6.45, 7) is 6.33. The van der Waals surface area contributed by atoms with Crippen LogP contribution in [0.25, 0.3) is 0 Å². The van der Waals surface area contributed by atoms with Crippen molar-refractivity contribution in [2.75, 3.05) is 6.61 Å². The van der Waals surface area contributed by atoms with Crippen LogP contribution in [0, 0.1) is 22.0 Å². The van der Waals surface area contributed by atoms with Gasteiger partial charge < -0.3 is 4.84 Å². The maximum Gasteiger partial charge on any atom is 0.294 e. The maximum absolute atomic E-state index is 9.77. The minimum Gasteiger partial charge on any atom is -0.314 e. The molecule has 4 nitrogen and oxygen atoms in total. The summed E-state index contributed by atoms with van der Waals surface area (Å²) in [5.41, 5.74) is 0. The van der Waals surface area contributed by atoms with Crippen molar-refractivity contribution in [3.63, 3.8) is 0 Å². The highest BCUT2D eigenvalue weighted by molar-refractivity contribution is 4.53. The van der Waals surface area contributed by atoms with E-state index in [0.717, 1.165) is 6.42 Å². The van der Waals surface area contributed by atoms with E-state index < -0.39 is 5.09 Å². The molecule has 0 aromatic carbocycles. The van der Waals surface area contributed by atoms with Gasteiger partial charge in [0, 0.05) is 0 Å². The summed E-state index contributed by atoms with van der Waals surface area (Å²) in [4.78, 5) is 14.0. The standard InChI is InChI=1S/C7H15NO3/c1-6(2)4-7(3)5-11-8(9)10/h6-7H,4-5H2,1-3H3. The van der Waals surface area contributed by atoms with Crippen LogP contribution in [0.1, 0.15) is 27.2 Å². The summed E-state index contributed by atoms with van der Waals surface area (Å²) >= 11 is 0. The van der Waals surface area contributed by atoms with Crippen molar-refractivity contribution in [3.8, 4) is 0 Å². The van der Waals surface area contributed by atoms with Crippen molar-refractivity contribution < 1.29 is 9.92 Å². The lowest BCUT2D eigenvalue weighted by molar-refractivity contribution is -0.759. The quantitative estimate of drug-likeness (QED) is 0.457. The van der Waals surface area contributed by atoms with Gasteiger partial charge in [0.25, 0.3) is 5.09 Å². The Labute approximate surface area is 66.6 Å². The molecule has 0 aliphatic heterocycles. The first-order valence-corrected chi connectivity index (χ1v) is 3.79. The molecule has 0 saturated heterocycles. The third-order valence-electron chi connectivity index (χ3n) is 1.34. The zero-order chi connectivity index (χ0) is 8.85. The fourth-order valence-corrected chi connectivity index (χ4v) is 1.06. The summed E-state index contributed by atoms with van der Waals surface area (Å²) in [6, 6.07) is 0. The fraction of sp³-hybridized carbons (Fsp3) is 1.00. The maximum atomic E-state index is 9.77. The Hall–Kier alpha value is -0.800. The van der Waals surface area contributed by atoms with E-state index in [0.29, 0.717) is 5.92 Å². The highest BCUT2D eigenvalue weighted by Gasteiger charge is 2.06. The van der Waals surface area contributed by atoms with Crippen LogP contribution in [0.5, 0.6) is 0 Å². The molecule has 0 aromatic heterocycles. The lowest BCUT2D eigenvalue weighted by Crippen LogP contribution is -2.11. The predicted octanol–water partition coefficient (Wildman–Crippen LogP) is 1.88. The Bertz CT molecular complexity index is 125. The van der Waals surface area contributed by atoms with Crippen molar-refractivity contribution in [3.05, 3.63) is 10.1 Å². The Morgan fingerprint density at radius 3 is 2.36 bits per heavy atom. The lowest BCUT2D eigenvalue weighted by atomic mass is 10.0. The second-order valence-corrected chi connectivity index (χ2v) is 3.25. The van der Waals surface area contributed by atoms with E-state index in [1.165, 1.54) is 0 Å². The molecule has 66 valence electrons. The van der Waals surface area contributed by atoms with E-state index in [4.69, 9.17) is 0 Å². The summed E-state index contributed by atoms with van der Waals surface area (Å²) in [7, 11) is 0. The van der Waals surface area contributed by atoms with Crippen LogP contribution < -0.4 is 0 Å². The molecule has 0 amide bonds. The van der Waals surface area contributed by atoms with E-state index in [-0.39, 0.29) is 12.5 Å². The van der Waals surface area contributed by atoms with Crippen molar-refractivity contribution in [2.45, 2.75) is 27.2 Å². The van der Waals surface area contributed by atoms with Gasteiger partial charge in [-0.1, -0.05) is 20.8 Å². The summed E-state index contributed by atoms with van der Waals surface area (Å²) < 4.78 is 0. The molecule has 0 bridgehead atoms. The van der Waals surface area contributed by atoms with Crippen molar-refractivity contribution in [1.82, 2.24) is 0 Å². The zero-order valence-electron chi connectivity index (χ0n) is 7.24. The number of hydrogen-bond donors (Lipinski definition) is 0. The van der Waals surface area contributed by atoms with Crippen molar-refractivity contribution in [2.24, 2.45) is 11.8 Å². The molecule has 0 saturated carbocycles. The molecule has 0 heterocycles. The molecule has 4 heteroatoms. The number of nitrogens with zero attached hydrogens (tertiary/aromatic N) is 1. The highest BCUT2D eigenvalue weighted by Crippen LogP contribution is 2.10. The SMILES string of the molecule is CC(C)CC(C)CO[N+](=O)[O-]. The van der Waals surface area contributed by atoms with E-state index in [1.807, 2.05) is 6.92 Å². The number of rotatable bonds is 5. The topological polar surface area (TPSA) is 52.4 Å². The molecule has 0 aromatic rings. The first-order chi connectivity index (χ1) is 5.02. The third kappa shape index (κ3) is 7.09. The minimum absolute atomic E-state index is 0.213. The van der Waals surface area contributed by atoms with Gasteiger partial charge in [0.05, 0.1) is 6.61 Å². The van der Waals surface area contributed by atoms with E-state index in [9.17, 15) is 10.1 Å². The van der Waals surface area contributed by atoms with Gasteiger partial charge in [0.2, 0.25) is 0 Å². The number of hydrogen-bond acceptors (Lipinski definition) is 3.